The van der Waals surface area contributed by atoms with Gasteiger partial charge in [-0.2, -0.15) is 0 Å². The van der Waals surface area contributed by atoms with E-state index in [-0.39, 0.29) is 0 Å². The van der Waals surface area contributed by atoms with Crippen LogP contribution in [0.5, 0.6) is 5.75 Å². The molecule has 1 N–H and O–H groups in total. The van der Waals surface area contributed by atoms with Gasteiger partial charge in [0.15, 0.2) is 0 Å². The molecular weight excluding hydrogens is 324 g/mol. The van der Waals surface area contributed by atoms with Gasteiger partial charge in [-0.25, -0.2) is 0 Å². The van der Waals surface area contributed by atoms with Crippen molar-refractivity contribution >= 4 is 15.9 Å². The quantitative estimate of drug-likeness (QED) is 0.312. The standard InChI is InChI=1S/C19H31BrO/c1-2-3-4-5-6-7-8-9-10-11-12-19(20)17-13-15-18(21)16-14-17/h13-16,19,21H,2-12H2,1H3. The lowest BCUT2D eigenvalue weighted by atomic mass is 10.0. The highest BCUT2D eigenvalue weighted by Gasteiger charge is 2.06. The zero-order valence-corrected chi connectivity index (χ0v) is 15.1. The van der Waals surface area contributed by atoms with Gasteiger partial charge in [0, 0.05) is 4.83 Å². The summed E-state index contributed by atoms with van der Waals surface area (Å²) in [6.45, 7) is 2.27. The van der Waals surface area contributed by atoms with Crippen LogP contribution in [0.25, 0.3) is 0 Å². The number of benzene rings is 1. The largest absolute Gasteiger partial charge is 0.508 e. The monoisotopic (exact) mass is 354 g/mol. The number of aromatic hydroxyl groups is 1. The van der Waals surface area contributed by atoms with Gasteiger partial charge in [0.2, 0.25) is 0 Å². The van der Waals surface area contributed by atoms with Crippen molar-refractivity contribution in [1.29, 1.82) is 0 Å². The molecule has 1 nitrogen and oxygen atoms in total. The zero-order valence-electron chi connectivity index (χ0n) is 13.5. The van der Waals surface area contributed by atoms with Crippen LogP contribution in [0, 0.1) is 0 Å². The second-order valence-electron chi connectivity index (χ2n) is 6.03. The zero-order chi connectivity index (χ0) is 15.3. The number of rotatable bonds is 12. The van der Waals surface area contributed by atoms with E-state index in [1.165, 1.54) is 76.2 Å². The van der Waals surface area contributed by atoms with E-state index in [9.17, 15) is 5.11 Å². The highest BCUT2D eigenvalue weighted by atomic mass is 79.9. The minimum atomic E-state index is 0.345. The van der Waals surface area contributed by atoms with Gasteiger partial charge in [-0.1, -0.05) is 99.2 Å². The molecule has 0 radical (unpaired) electrons. The van der Waals surface area contributed by atoms with Gasteiger partial charge < -0.3 is 5.11 Å². The van der Waals surface area contributed by atoms with Crippen LogP contribution in [-0.4, -0.2) is 5.11 Å². The SMILES string of the molecule is CCCCCCCCCCCCC(Br)c1ccc(O)cc1. The molecule has 0 heterocycles. The van der Waals surface area contributed by atoms with Crippen LogP contribution in [0.3, 0.4) is 0 Å². The molecule has 0 spiro atoms. The maximum Gasteiger partial charge on any atom is 0.115 e. The molecule has 0 bridgehead atoms. The summed E-state index contributed by atoms with van der Waals surface area (Å²) in [6, 6.07) is 7.54. The minimum Gasteiger partial charge on any atom is -0.508 e. The Morgan fingerprint density at radius 3 is 1.81 bits per heavy atom. The first kappa shape index (κ1) is 18.5. The van der Waals surface area contributed by atoms with Crippen LogP contribution in [-0.2, 0) is 0 Å². The lowest BCUT2D eigenvalue weighted by molar-refractivity contribution is 0.475. The third-order valence-electron chi connectivity index (χ3n) is 4.07. The Bertz CT molecular complexity index is 347. The van der Waals surface area contributed by atoms with Crippen molar-refractivity contribution in [2.24, 2.45) is 0 Å². The predicted octanol–water partition coefficient (Wildman–Crippen LogP) is 7.14. The van der Waals surface area contributed by atoms with Crippen molar-refractivity contribution in [3.05, 3.63) is 29.8 Å². The summed E-state index contributed by atoms with van der Waals surface area (Å²) in [5, 5.41) is 9.29. The van der Waals surface area contributed by atoms with Crippen molar-refractivity contribution in [1.82, 2.24) is 0 Å². The van der Waals surface area contributed by atoms with E-state index in [0.29, 0.717) is 10.6 Å². The van der Waals surface area contributed by atoms with Crippen LogP contribution in [0.1, 0.15) is 87.9 Å². The van der Waals surface area contributed by atoms with Crippen molar-refractivity contribution < 1.29 is 5.11 Å². The fraction of sp³-hybridized carbons (Fsp3) is 0.684. The first-order valence-corrected chi connectivity index (χ1v) is 9.58. The molecule has 0 amide bonds. The Kier molecular flexibility index (Phi) is 10.7. The summed E-state index contributed by atoms with van der Waals surface area (Å²) in [4.78, 5) is 0.423. The Labute approximate surface area is 139 Å². The molecule has 1 rings (SSSR count). The lowest BCUT2D eigenvalue weighted by Crippen LogP contribution is -1.90. The van der Waals surface area contributed by atoms with E-state index >= 15 is 0 Å². The van der Waals surface area contributed by atoms with Gasteiger partial charge in [0.25, 0.3) is 0 Å². The smallest absolute Gasteiger partial charge is 0.115 e. The van der Waals surface area contributed by atoms with Gasteiger partial charge in [-0.3, -0.25) is 0 Å². The molecule has 0 saturated carbocycles. The van der Waals surface area contributed by atoms with E-state index in [4.69, 9.17) is 0 Å². The summed E-state index contributed by atoms with van der Waals surface area (Å²) in [7, 11) is 0. The summed E-state index contributed by atoms with van der Waals surface area (Å²) in [6.07, 6.45) is 15.0. The fourth-order valence-corrected chi connectivity index (χ4v) is 3.29. The molecule has 21 heavy (non-hydrogen) atoms. The molecule has 0 fully saturated rings. The molecule has 0 aliphatic rings. The second kappa shape index (κ2) is 12.1. The number of phenolic OH excluding ortho intramolecular Hbond substituents is 1. The Morgan fingerprint density at radius 2 is 1.29 bits per heavy atom. The third-order valence-corrected chi connectivity index (χ3v) is 5.05. The van der Waals surface area contributed by atoms with E-state index < -0.39 is 0 Å². The molecule has 1 aromatic rings. The van der Waals surface area contributed by atoms with Crippen LogP contribution in [0.2, 0.25) is 0 Å². The third kappa shape index (κ3) is 9.18. The molecule has 120 valence electrons. The summed E-state index contributed by atoms with van der Waals surface area (Å²) < 4.78 is 0. The van der Waals surface area contributed by atoms with Crippen molar-refractivity contribution in [3.63, 3.8) is 0 Å². The maximum atomic E-state index is 9.29. The van der Waals surface area contributed by atoms with Crippen LogP contribution >= 0.6 is 15.9 Å². The minimum absolute atomic E-state index is 0.345. The lowest BCUT2D eigenvalue weighted by Gasteiger charge is -2.10. The van der Waals surface area contributed by atoms with Gasteiger partial charge >= 0.3 is 0 Å². The van der Waals surface area contributed by atoms with Crippen molar-refractivity contribution in [2.45, 2.75) is 82.4 Å². The second-order valence-corrected chi connectivity index (χ2v) is 7.14. The van der Waals surface area contributed by atoms with Crippen LogP contribution < -0.4 is 0 Å². The molecule has 0 aliphatic carbocycles. The topological polar surface area (TPSA) is 20.2 Å². The Balaban J connectivity index is 1.95. The van der Waals surface area contributed by atoms with Gasteiger partial charge in [-0.15, -0.1) is 0 Å². The average Bonchev–Trinajstić information content (AvgIpc) is 2.49. The van der Waals surface area contributed by atoms with Gasteiger partial charge in [0.05, 0.1) is 0 Å². The van der Waals surface area contributed by atoms with Gasteiger partial charge in [-0.05, 0) is 24.1 Å². The first-order valence-electron chi connectivity index (χ1n) is 8.67. The number of halogens is 1. The van der Waals surface area contributed by atoms with E-state index in [1.54, 1.807) is 12.1 Å². The van der Waals surface area contributed by atoms with Crippen molar-refractivity contribution in [3.8, 4) is 5.75 Å². The fourth-order valence-electron chi connectivity index (χ4n) is 2.66. The molecular formula is C19H31BrO. The molecule has 0 saturated heterocycles. The van der Waals surface area contributed by atoms with E-state index in [1.807, 2.05) is 12.1 Å². The van der Waals surface area contributed by atoms with E-state index in [2.05, 4.69) is 22.9 Å². The van der Waals surface area contributed by atoms with E-state index in [0.717, 1.165) is 0 Å². The number of phenols is 1. The predicted molar refractivity (Wildman–Crippen MR) is 96.2 cm³/mol. The maximum absolute atomic E-state index is 9.29. The van der Waals surface area contributed by atoms with Crippen molar-refractivity contribution in [2.75, 3.05) is 0 Å². The summed E-state index contributed by atoms with van der Waals surface area (Å²) in [5.74, 6) is 0.345. The highest BCUT2D eigenvalue weighted by molar-refractivity contribution is 9.09. The number of hydrogen-bond donors (Lipinski definition) is 1. The average molecular weight is 355 g/mol. The molecule has 0 aliphatic heterocycles. The van der Waals surface area contributed by atoms with Crippen LogP contribution in [0.4, 0.5) is 0 Å². The molecule has 2 heteroatoms. The first-order chi connectivity index (χ1) is 10.2. The normalized spacial score (nSPS) is 12.5. The molecule has 0 aromatic heterocycles. The molecule has 1 atom stereocenters. The Morgan fingerprint density at radius 1 is 0.810 bits per heavy atom. The molecule has 1 aromatic carbocycles. The summed E-state index contributed by atoms with van der Waals surface area (Å²) in [5.41, 5.74) is 1.27. The number of alkyl halides is 1. The Hall–Kier alpha value is -0.500. The summed E-state index contributed by atoms with van der Waals surface area (Å²) >= 11 is 3.75. The van der Waals surface area contributed by atoms with Crippen LogP contribution in [0.15, 0.2) is 24.3 Å². The number of unbranched alkanes of at least 4 members (excludes halogenated alkanes) is 9. The highest BCUT2D eigenvalue weighted by Crippen LogP contribution is 2.29. The number of hydrogen-bond acceptors (Lipinski definition) is 1. The van der Waals surface area contributed by atoms with Gasteiger partial charge in [0.1, 0.15) is 5.75 Å². The molecule has 1 unspecified atom stereocenters.